The Kier molecular flexibility index (Phi) is 9.82. The summed E-state index contributed by atoms with van der Waals surface area (Å²) in [4.78, 5) is 16.4. The largest absolute Gasteiger partial charge is 0.473 e. The van der Waals surface area contributed by atoms with E-state index in [1.54, 1.807) is 17.8 Å². The first-order chi connectivity index (χ1) is 17.0. The number of hydrogen-bond acceptors (Lipinski definition) is 9. The second-order valence-electron chi connectivity index (χ2n) is 8.89. The highest BCUT2D eigenvalue weighted by Gasteiger charge is 2.26. The van der Waals surface area contributed by atoms with E-state index in [0.29, 0.717) is 17.5 Å². The van der Waals surface area contributed by atoms with E-state index in [-0.39, 0.29) is 28.8 Å². The van der Waals surface area contributed by atoms with Crippen molar-refractivity contribution in [3.63, 3.8) is 0 Å². The third-order valence-corrected chi connectivity index (χ3v) is 8.12. The van der Waals surface area contributed by atoms with Gasteiger partial charge in [-0.2, -0.15) is 4.98 Å². The fourth-order valence-corrected chi connectivity index (χ4v) is 5.78. The minimum Gasteiger partial charge on any atom is -0.473 e. The first-order valence-corrected chi connectivity index (χ1v) is 13.8. The summed E-state index contributed by atoms with van der Waals surface area (Å²) in [5.41, 5.74) is 2.04. The van der Waals surface area contributed by atoms with E-state index in [0.717, 1.165) is 64.6 Å². The highest BCUT2D eigenvalue weighted by atomic mass is 32.2. The summed E-state index contributed by atoms with van der Waals surface area (Å²) >= 11 is 3.16. The Hall–Kier alpha value is -2.80. The normalized spacial score (nSPS) is 14.0. The summed E-state index contributed by atoms with van der Waals surface area (Å²) in [5, 5.41) is 6.00. The Morgan fingerprint density at radius 3 is 2.65 bits per heavy atom. The maximum absolute atomic E-state index is 15.0. The number of anilines is 1. The first kappa shape index (κ1) is 28.8. The molecular weight excluding hydrogens is 517 g/mol. The maximum atomic E-state index is 15.0. The molecule has 1 fully saturated rings. The second-order valence-corrected chi connectivity index (χ2v) is 10.9. The van der Waals surface area contributed by atoms with Gasteiger partial charge in [-0.3, -0.25) is 0 Å². The molecule has 5 rings (SSSR count). The lowest BCUT2D eigenvalue weighted by molar-refractivity contribution is 0.164. The molecule has 12 heteroatoms. The molecule has 0 saturated carbocycles. The number of aromatic nitrogens is 4. The molecule has 4 N–H and O–H groups in total. The minimum absolute atomic E-state index is 0. The van der Waals surface area contributed by atoms with Crippen molar-refractivity contribution in [2.45, 2.75) is 57.0 Å². The molecule has 37 heavy (non-hydrogen) atoms. The van der Waals surface area contributed by atoms with Crippen LogP contribution in [0.25, 0.3) is 21.3 Å². The molecule has 4 heterocycles. The van der Waals surface area contributed by atoms with Crippen molar-refractivity contribution in [1.29, 1.82) is 0 Å². The zero-order chi connectivity index (χ0) is 24.4. The van der Waals surface area contributed by atoms with Crippen LogP contribution in [-0.4, -0.2) is 56.0 Å². The monoisotopic (exact) mass is 549 g/mol. The van der Waals surface area contributed by atoms with E-state index in [9.17, 15) is 4.39 Å². The van der Waals surface area contributed by atoms with Crippen molar-refractivity contribution < 1.29 is 24.6 Å². The lowest BCUT2D eigenvalue weighted by Gasteiger charge is -2.30. The van der Waals surface area contributed by atoms with Gasteiger partial charge in [0.1, 0.15) is 22.9 Å². The Balaban J connectivity index is 0.00000190. The van der Waals surface area contributed by atoms with Gasteiger partial charge in [0.2, 0.25) is 5.88 Å². The van der Waals surface area contributed by atoms with Crippen LogP contribution in [0.5, 0.6) is 5.88 Å². The van der Waals surface area contributed by atoms with Crippen molar-refractivity contribution >= 4 is 39.3 Å². The minimum atomic E-state index is -0.235. The van der Waals surface area contributed by atoms with Gasteiger partial charge >= 0.3 is 6.01 Å². The molecule has 0 bridgehead atoms. The maximum Gasteiger partial charge on any atom is 0.324 e. The number of ether oxygens (including phenoxy) is 1. The zero-order valence-electron chi connectivity index (χ0n) is 21.0. The number of rotatable bonds is 8. The Labute approximate surface area is 223 Å². The van der Waals surface area contributed by atoms with E-state index in [1.165, 1.54) is 17.7 Å². The fourth-order valence-electron chi connectivity index (χ4n) is 4.04. The molecule has 1 aliphatic heterocycles. The third kappa shape index (κ3) is 6.20. The number of thioether (sulfide) groups is 1. The van der Waals surface area contributed by atoms with Crippen LogP contribution in [0.15, 0.2) is 39.3 Å². The van der Waals surface area contributed by atoms with Crippen molar-refractivity contribution in [3.8, 4) is 17.0 Å². The predicted molar refractivity (Wildman–Crippen MR) is 145 cm³/mol. The number of nitrogens with zero attached hydrogens (tertiary/aromatic N) is 5. The van der Waals surface area contributed by atoms with Crippen molar-refractivity contribution in [2.75, 3.05) is 23.7 Å². The molecule has 0 amide bonds. The molecule has 0 unspecified atom stereocenters. The number of benzene rings is 1. The quantitative estimate of drug-likeness (QED) is 0.283. The summed E-state index contributed by atoms with van der Waals surface area (Å²) in [7, 11) is 0. The first-order valence-electron chi connectivity index (χ1n) is 11.9. The standard InChI is InChI=1S/C25H28FN5O2S2.2H2O/c1-4-11-34-17-5-6-18(20(26)12-17)19-13-35-22-21(19)27-14-28-24(22)32-16-7-9-31(10-8-16)25-29-23(15(2)3)30-33-25;;/h5-6,12-16H,4,7-11H2,1-3H3;2*1H2. The van der Waals surface area contributed by atoms with Gasteiger partial charge in [-0.25, -0.2) is 14.4 Å². The average Bonchev–Trinajstić information content (AvgIpc) is 3.52. The molecule has 1 saturated heterocycles. The average molecular weight is 550 g/mol. The molecule has 0 radical (unpaired) electrons. The number of halogens is 1. The summed E-state index contributed by atoms with van der Waals surface area (Å²) in [5.74, 6) is 2.25. The van der Waals surface area contributed by atoms with E-state index in [4.69, 9.17) is 9.26 Å². The van der Waals surface area contributed by atoms with Crippen LogP contribution in [0.3, 0.4) is 0 Å². The summed E-state index contributed by atoms with van der Waals surface area (Å²) < 4.78 is 27.5. The Morgan fingerprint density at radius 1 is 1.19 bits per heavy atom. The smallest absolute Gasteiger partial charge is 0.324 e. The highest BCUT2D eigenvalue weighted by molar-refractivity contribution is 7.99. The molecule has 3 aromatic heterocycles. The molecule has 1 aromatic carbocycles. The van der Waals surface area contributed by atoms with Gasteiger partial charge in [0.05, 0.1) is 5.52 Å². The number of fused-ring (bicyclic) bond motifs is 1. The van der Waals surface area contributed by atoms with E-state index in [1.807, 2.05) is 31.4 Å². The second kappa shape index (κ2) is 12.6. The van der Waals surface area contributed by atoms with Crippen LogP contribution in [0, 0.1) is 5.82 Å². The molecule has 200 valence electrons. The Bertz CT molecular complexity index is 1310. The van der Waals surface area contributed by atoms with Gasteiger partial charge in [-0.05, 0) is 24.3 Å². The van der Waals surface area contributed by atoms with Crippen LogP contribution in [0.2, 0.25) is 0 Å². The topological polar surface area (TPSA) is 140 Å². The van der Waals surface area contributed by atoms with Crippen molar-refractivity contribution in [3.05, 3.63) is 41.5 Å². The fraction of sp³-hybridized carbons (Fsp3) is 0.440. The van der Waals surface area contributed by atoms with Crippen LogP contribution < -0.4 is 9.64 Å². The van der Waals surface area contributed by atoms with Gasteiger partial charge in [0.15, 0.2) is 5.82 Å². The Morgan fingerprint density at radius 2 is 1.97 bits per heavy atom. The molecule has 4 aromatic rings. The van der Waals surface area contributed by atoms with Crippen LogP contribution in [0.4, 0.5) is 10.4 Å². The van der Waals surface area contributed by atoms with Gasteiger partial charge < -0.3 is 25.1 Å². The SMILES string of the molecule is CCCSc1ccc(-c2csc3c(OC4CCN(c5nc(C(C)C)no5)CC4)ncnc23)c(F)c1.O.O. The van der Waals surface area contributed by atoms with E-state index in [2.05, 4.69) is 31.9 Å². The lowest BCUT2D eigenvalue weighted by atomic mass is 10.1. The number of piperidine rings is 1. The molecule has 0 atom stereocenters. The highest BCUT2D eigenvalue weighted by Crippen LogP contribution is 2.39. The predicted octanol–water partition coefficient (Wildman–Crippen LogP) is 4.90. The summed E-state index contributed by atoms with van der Waals surface area (Å²) in [6, 6.07) is 6.00. The third-order valence-electron chi connectivity index (χ3n) is 5.96. The molecule has 9 nitrogen and oxygen atoms in total. The van der Waals surface area contributed by atoms with Gasteiger partial charge in [0.25, 0.3) is 0 Å². The van der Waals surface area contributed by atoms with Crippen LogP contribution in [0.1, 0.15) is 51.8 Å². The molecule has 1 aliphatic rings. The molecular formula is C25H32FN5O4S2. The summed E-state index contributed by atoms with van der Waals surface area (Å²) in [6.07, 6.45) is 4.20. The van der Waals surface area contributed by atoms with Gasteiger partial charge in [-0.1, -0.05) is 32.0 Å². The number of thiophene rings is 1. The number of hydrogen-bond donors (Lipinski definition) is 0. The van der Waals surface area contributed by atoms with E-state index < -0.39 is 0 Å². The lowest BCUT2D eigenvalue weighted by Crippen LogP contribution is -2.38. The van der Waals surface area contributed by atoms with Crippen molar-refractivity contribution in [1.82, 2.24) is 20.1 Å². The van der Waals surface area contributed by atoms with Crippen LogP contribution in [-0.2, 0) is 0 Å². The molecule has 0 aliphatic carbocycles. The molecule has 0 spiro atoms. The van der Waals surface area contributed by atoms with Crippen LogP contribution >= 0.6 is 23.1 Å². The summed E-state index contributed by atoms with van der Waals surface area (Å²) in [6.45, 7) is 7.74. The van der Waals surface area contributed by atoms with Crippen molar-refractivity contribution in [2.24, 2.45) is 0 Å². The van der Waals surface area contributed by atoms with E-state index >= 15 is 0 Å². The zero-order valence-corrected chi connectivity index (χ0v) is 22.7. The van der Waals surface area contributed by atoms with Gasteiger partial charge in [-0.15, -0.1) is 23.1 Å². The van der Waals surface area contributed by atoms with Gasteiger partial charge in [0, 0.05) is 53.3 Å².